The van der Waals surface area contributed by atoms with Crippen molar-refractivity contribution in [3.05, 3.63) is 70.0 Å². The van der Waals surface area contributed by atoms with E-state index in [4.69, 9.17) is 11.6 Å². The normalized spacial score (nSPS) is 13.8. The summed E-state index contributed by atoms with van der Waals surface area (Å²) < 4.78 is 12.9. The lowest BCUT2D eigenvalue weighted by Crippen LogP contribution is -2.29. The van der Waals surface area contributed by atoms with Crippen molar-refractivity contribution in [3.63, 3.8) is 0 Å². The monoisotopic (exact) mass is 289 g/mol. The highest BCUT2D eigenvalue weighted by molar-refractivity contribution is 6.37. The second-order valence-electron chi connectivity index (χ2n) is 4.49. The minimum Gasteiger partial charge on any atom is -0.270 e. The van der Waals surface area contributed by atoms with Gasteiger partial charge in [0, 0.05) is 0 Å². The highest BCUT2D eigenvalue weighted by Crippen LogP contribution is 2.30. The number of hydrogen-bond donors (Lipinski definition) is 0. The molecule has 20 heavy (non-hydrogen) atoms. The maximum Gasteiger partial charge on any atom is 0.263 e. The number of carbonyl (C=O) groups excluding carboxylic acids is 2. The Hall–Kier alpha value is -2.20. The lowest BCUT2D eigenvalue weighted by molar-refractivity contribution is 0.0642. The number of rotatable bonds is 2. The molecule has 0 unspecified atom stereocenters. The van der Waals surface area contributed by atoms with Crippen LogP contribution in [0, 0.1) is 5.82 Å². The van der Waals surface area contributed by atoms with Crippen molar-refractivity contribution in [3.8, 4) is 0 Å². The molecule has 100 valence electrons. The van der Waals surface area contributed by atoms with E-state index in [0.29, 0.717) is 11.1 Å². The summed E-state index contributed by atoms with van der Waals surface area (Å²) >= 11 is 5.97. The largest absolute Gasteiger partial charge is 0.270 e. The van der Waals surface area contributed by atoms with Gasteiger partial charge < -0.3 is 0 Å². The number of carbonyl (C=O) groups is 2. The third-order valence-corrected chi connectivity index (χ3v) is 3.52. The van der Waals surface area contributed by atoms with Gasteiger partial charge in [0.05, 0.1) is 22.7 Å². The quantitative estimate of drug-likeness (QED) is 0.796. The molecule has 0 aliphatic carbocycles. The molecule has 1 heterocycles. The summed E-state index contributed by atoms with van der Waals surface area (Å²) in [5.41, 5.74) is 1.22. The molecule has 1 aliphatic rings. The second kappa shape index (κ2) is 4.72. The van der Waals surface area contributed by atoms with E-state index in [1.807, 2.05) is 0 Å². The van der Waals surface area contributed by atoms with E-state index < -0.39 is 5.91 Å². The lowest BCUT2D eigenvalue weighted by Gasteiger charge is -2.13. The number of nitrogens with zero attached hydrogens (tertiary/aromatic N) is 1. The van der Waals surface area contributed by atoms with Crippen LogP contribution in [0.4, 0.5) is 4.39 Å². The summed E-state index contributed by atoms with van der Waals surface area (Å²) in [6, 6.07) is 10.5. The van der Waals surface area contributed by atoms with E-state index in [0.717, 1.165) is 4.90 Å². The molecule has 0 atom stereocenters. The van der Waals surface area contributed by atoms with E-state index in [2.05, 4.69) is 0 Å². The topological polar surface area (TPSA) is 37.4 Å². The molecule has 0 saturated carbocycles. The predicted molar refractivity (Wildman–Crippen MR) is 72.1 cm³/mol. The Morgan fingerprint density at radius 2 is 1.70 bits per heavy atom. The fourth-order valence-corrected chi connectivity index (χ4v) is 2.46. The zero-order valence-electron chi connectivity index (χ0n) is 10.3. The number of fused-ring (bicyclic) bond motifs is 1. The smallest absolute Gasteiger partial charge is 0.263 e. The standard InChI is InChI=1S/C15H9ClFNO2/c16-12-3-1-2-11-13(12)15(20)18(14(11)19)8-9-4-6-10(17)7-5-9/h1-7H,8H2. The second-order valence-corrected chi connectivity index (χ2v) is 4.89. The molecule has 5 heteroatoms. The van der Waals surface area contributed by atoms with Gasteiger partial charge in [-0.15, -0.1) is 0 Å². The van der Waals surface area contributed by atoms with Crippen LogP contribution >= 0.6 is 11.6 Å². The zero-order chi connectivity index (χ0) is 14.3. The molecule has 0 spiro atoms. The van der Waals surface area contributed by atoms with E-state index in [9.17, 15) is 14.0 Å². The third kappa shape index (κ3) is 1.98. The summed E-state index contributed by atoms with van der Waals surface area (Å²) in [5.74, 6) is -1.16. The van der Waals surface area contributed by atoms with Gasteiger partial charge in [-0.2, -0.15) is 0 Å². The van der Waals surface area contributed by atoms with Crippen molar-refractivity contribution in [2.24, 2.45) is 0 Å². The maximum absolute atomic E-state index is 12.9. The van der Waals surface area contributed by atoms with Crippen LogP contribution in [-0.4, -0.2) is 16.7 Å². The number of imide groups is 1. The fourth-order valence-electron chi connectivity index (χ4n) is 2.21. The number of hydrogen-bond acceptors (Lipinski definition) is 2. The van der Waals surface area contributed by atoms with Gasteiger partial charge in [-0.3, -0.25) is 14.5 Å². The minimum absolute atomic E-state index is 0.100. The molecule has 0 fully saturated rings. The Labute approximate surface area is 119 Å². The van der Waals surface area contributed by atoms with Gasteiger partial charge in [-0.25, -0.2) is 4.39 Å². The van der Waals surface area contributed by atoms with Crippen LogP contribution in [0.3, 0.4) is 0 Å². The summed E-state index contributed by atoms with van der Waals surface area (Å²) in [6.45, 7) is 0.100. The summed E-state index contributed by atoms with van der Waals surface area (Å²) in [7, 11) is 0. The molecule has 2 aromatic rings. The van der Waals surface area contributed by atoms with Crippen molar-refractivity contribution < 1.29 is 14.0 Å². The molecular weight excluding hydrogens is 281 g/mol. The van der Waals surface area contributed by atoms with Gasteiger partial charge in [0.25, 0.3) is 11.8 Å². The first-order valence-corrected chi connectivity index (χ1v) is 6.35. The summed E-state index contributed by atoms with van der Waals surface area (Å²) in [4.78, 5) is 25.6. The summed E-state index contributed by atoms with van der Waals surface area (Å²) in [6.07, 6.45) is 0. The highest BCUT2D eigenvalue weighted by atomic mass is 35.5. The molecule has 0 aromatic heterocycles. The first kappa shape index (κ1) is 12.8. The van der Waals surface area contributed by atoms with Crippen LogP contribution in [0.1, 0.15) is 26.3 Å². The van der Waals surface area contributed by atoms with Crippen LogP contribution < -0.4 is 0 Å². The van der Waals surface area contributed by atoms with Crippen LogP contribution in [0.25, 0.3) is 0 Å². The van der Waals surface area contributed by atoms with Crippen LogP contribution in [0.2, 0.25) is 5.02 Å². The summed E-state index contributed by atoms with van der Waals surface area (Å²) in [5, 5.41) is 0.266. The fraction of sp³-hybridized carbons (Fsp3) is 0.0667. The van der Waals surface area contributed by atoms with Crippen LogP contribution in [0.5, 0.6) is 0 Å². The molecule has 1 aliphatic heterocycles. The number of amides is 2. The maximum atomic E-state index is 12.9. The van der Waals surface area contributed by atoms with Gasteiger partial charge >= 0.3 is 0 Å². The number of benzene rings is 2. The molecule has 2 aromatic carbocycles. The SMILES string of the molecule is O=C1c2cccc(Cl)c2C(=O)N1Cc1ccc(F)cc1. The Kier molecular flexibility index (Phi) is 3.03. The van der Waals surface area contributed by atoms with Gasteiger partial charge in [0.2, 0.25) is 0 Å². The predicted octanol–water partition coefficient (Wildman–Crippen LogP) is 3.28. The van der Waals surface area contributed by atoms with E-state index in [-0.39, 0.29) is 28.9 Å². The van der Waals surface area contributed by atoms with Crippen molar-refractivity contribution >= 4 is 23.4 Å². The number of halogens is 2. The average Bonchev–Trinajstić information content (AvgIpc) is 2.67. The van der Waals surface area contributed by atoms with E-state index in [1.54, 1.807) is 30.3 Å². The third-order valence-electron chi connectivity index (χ3n) is 3.20. The van der Waals surface area contributed by atoms with E-state index in [1.165, 1.54) is 12.1 Å². The Morgan fingerprint density at radius 3 is 2.35 bits per heavy atom. The van der Waals surface area contributed by atoms with Gasteiger partial charge in [0.15, 0.2) is 0 Å². The highest BCUT2D eigenvalue weighted by Gasteiger charge is 2.36. The first-order chi connectivity index (χ1) is 9.58. The molecule has 3 nitrogen and oxygen atoms in total. The Balaban J connectivity index is 1.94. The van der Waals surface area contributed by atoms with Crippen LogP contribution in [0.15, 0.2) is 42.5 Å². The van der Waals surface area contributed by atoms with Crippen molar-refractivity contribution in [1.82, 2.24) is 4.90 Å². The minimum atomic E-state index is -0.417. The lowest BCUT2D eigenvalue weighted by atomic mass is 10.1. The molecule has 3 rings (SSSR count). The van der Waals surface area contributed by atoms with Gasteiger partial charge in [-0.1, -0.05) is 29.8 Å². The van der Waals surface area contributed by atoms with Crippen molar-refractivity contribution in [1.29, 1.82) is 0 Å². The zero-order valence-corrected chi connectivity index (χ0v) is 11.0. The van der Waals surface area contributed by atoms with Crippen molar-refractivity contribution in [2.45, 2.75) is 6.54 Å². The molecule has 0 bridgehead atoms. The Morgan fingerprint density at radius 1 is 1.00 bits per heavy atom. The van der Waals surface area contributed by atoms with Gasteiger partial charge in [0.1, 0.15) is 5.82 Å². The molecule has 2 amide bonds. The molecule has 0 radical (unpaired) electrons. The van der Waals surface area contributed by atoms with Gasteiger partial charge in [-0.05, 0) is 29.8 Å². The van der Waals surface area contributed by atoms with Crippen LogP contribution in [-0.2, 0) is 6.54 Å². The van der Waals surface area contributed by atoms with Crippen molar-refractivity contribution in [2.75, 3.05) is 0 Å². The molecule has 0 saturated heterocycles. The van der Waals surface area contributed by atoms with E-state index >= 15 is 0 Å². The molecule has 0 N–H and O–H groups in total. The first-order valence-electron chi connectivity index (χ1n) is 5.97. The Bertz CT molecular complexity index is 712. The molecular formula is C15H9ClFNO2. The average molecular weight is 290 g/mol.